The molecule has 1 heterocycles. The zero-order chi connectivity index (χ0) is 14.7. The van der Waals surface area contributed by atoms with E-state index in [1.807, 2.05) is 0 Å². The van der Waals surface area contributed by atoms with Gasteiger partial charge in [0.1, 0.15) is 5.75 Å². The summed E-state index contributed by atoms with van der Waals surface area (Å²) in [7, 11) is 0. The molecule has 0 aliphatic rings. The van der Waals surface area contributed by atoms with Crippen LogP contribution in [0.4, 0.5) is 0 Å². The van der Waals surface area contributed by atoms with Crippen LogP contribution in [0, 0.1) is 0 Å². The predicted molar refractivity (Wildman–Crippen MR) is 77.9 cm³/mol. The zero-order valence-electron chi connectivity index (χ0n) is 10.2. The molecule has 1 aromatic carbocycles. The molecule has 0 amide bonds. The molecule has 104 valence electrons. The lowest BCUT2D eigenvalue weighted by Crippen LogP contribution is -2.20. The van der Waals surface area contributed by atoms with Gasteiger partial charge in [0, 0.05) is 5.56 Å². The fourth-order valence-corrected chi connectivity index (χ4v) is 2.53. The van der Waals surface area contributed by atoms with Gasteiger partial charge in [0.05, 0.1) is 14.2 Å². The molecule has 0 aliphatic carbocycles. The summed E-state index contributed by atoms with van der Waals surface area (Å²) in [5, 5.41) is 8.93. The molecular formula is C13H10ClNO4S. The highest BCUT2D eigenvalue weighted by Crippen LogP contribution is 2.29. The molecule has 7 heteroatoms. The van der Waals surface area contributed by atoms with Crippen LogP contribution in [0.3, 0.4) is 0 Å². The lowest BCUT2D eigenvalue weighted by Gasteiger charge is -2.08. The number of aliphatic carboxylic acids is 1. The van der Waals surface area contributed by atoms with Gasteiger partial charge in [0.15, 0.2) is 6.61 Å². The number of nitrogens with one attached hydrogen (secondary N) is 1. The summed E-state index contributed by atoms with van der Waals surface area (Å²) in [5.74, 6) is -0.875. The molecule has 5 nitrogen and oxygen atoms in total. The first-order chi connectivity index (χ1) is 9.47. The molecule has 0 bridgehead atoms. The van der Waals surface area contributed by atoms with E-state index < -0.39 is 12.6 Å². The van der Waals surface area contributed by atoms with Crippen molar-refractivity contribution in [2.45, 2.75) is 0 Å². The van der Waals surface area contributed by atoms with Gasteiger partial charge in [-0.1, -0.05) is 30.3 Å². The molecule has 0 saturated heterocycles. The molecule has 2 N–H and O–H groups in total. The molecule has 0 aliphatic heterocycles. The van der Waals surface area contributed by atoms with Crippen LogP contribution in [0.2, 0.25) is 5.02 Å². The molecule has 0 radical (unpaired) electrons. The molecule has 20 heavy (non-hydrogen) atoms. The minimum atomic E-state index is -1.11. The summed E-state index contributed by atoms with van der Waals surface area (Å²) in [6.07, 6.45) is 1.58. The number of thiazole rings is 1. The smallest absolute Gasteiger partial charge is 0.341 e. The second-order valence-corrected chi connectivity index (χ2v) is 5.37. The highest BCUT2D eigenvalue weighted by atomic mass is 35.5. The van der Waals surface area contributed by atoms with Gasteiger partial charge in [-0.05, 0) is 12.1 Å². The fraction of sp³-hybridized carbons (Fsp3) is 0.0769. The Morgan fingerprint density at radius 2 is 2.30 bits per heavy atom. The molecule has 2 aromatic rings. The van der Waals surface area contributed by atoms with Crippen molar-refractivity contribution in [2.24, 2.45) is 0 Å². The highest BCUT2D eigenvalue weighted by Gasteiger charge is 2.09. The van der Waals surface area contributed by atoms with Gasteiger partial charge in [-0.25, -0.2) is 4.79 Å². The van der Waals surface area contributed by atoms with Gasteiger partial charge in [-0.15, -0.1) is 11.3 Å². The molecular weight excluding hydrogens is 302 g/mol. The summed E-state index contributed by atoms with van der Waals surface area (Å²) in [6.45, 7) is 3.14. The lowest BCUT2D eigenvalue weighted by atomic mass is 10.2. The van der Waals surface area contributed by atoms with E-state index in [1.165, 1.54) is 11.3 Å². The summed E-state index contributed by atoms with van der Waals surface area (Å²) in [4.78, 5) is 24.8. The SMILES string of the molecule is C=c1[nH]c(=O)/c(=C/c2cccc(Cl)c2OCC(=O)O)s1. The molecule has 1 aromatic heterocycles. The predicted octanol–water partition coefficient (Wildman–Crippen LogP) is 0.792. The average molecular weight is 312 g/mol. The first-order valence-electron chi connectivity index (χ1n) is 5.50. The van der Waals surface area contributed by atoms with E-state index in [0.29, 0.717) is 14.8 Å². The quantitative estimate of drug-likeness (QED) is 0.875. The van der Waals surface area contributed by atoms with Gasteiger partial charge in [-0.2, -0.15) is 0 Å². The summed E-state index contributed by atoms with van der Waals surface area (Å²) in [5.41, 5.74) is 0.273. The van der Waals surface area contributed by atoms with Crippen LogP contribution in [-0.2, 0) is 4.79 Å². The maximum atomic E-state index is 11.6. The average Bonchev–Trinajstić information content (AvgIpc) is 2.67. The van der Waals surface area contributed by atoms with Crippen LogP contribution in [0.1, 0.15) is 5.56 Å². The number of carboxylic acid groups (broad SMARTS) is 1. The van der Waals surface area contributed by atoms with E-state index in [2.05, 4.69) is 11.6 Å². The lowest BCUT2D eigenvalue weighted by molar-refractivity contribution is -0.139. The van der Waals surface area contributed by atoms with Gasteiger partial charge in [0.25, 0.3) is 5.56 Å². The second kappa shape index (κ2) is 5.94. The Kier molecular flexibility index (Phi) is 4.26. The Morgan fingerprint density at radius 3 is 2.90 bits per heavy atom. The first-order valence-corrected chi connectivity index (χ1v) is 6.69. The van der Waals surface area contributed by atoms with Gasteiger partial charge < -0.3 is 14.8 Å². The van der Waals surface area contributed by atoms with Crippen molar-refractivity contribution in [3.63, 3.8) is 0 Å². The second-order valence-electron chi connectivity index (χ2n) is 3.83. The number of halogens is 1. The maximum Gasteiger partial charge on any atom is 0.341 e. The molecule has 0 atom stereocenters. The van der Waals surface area contributed by atoms with Crippen molar-refractivity contribution in [1.29, 1.82) is 0 Å². The van der Waals surface area contributed by atoms with Crippen LogP contribution in [0.15, 0.2) is 23.0 Å². The monoisotopic (exact) mass is 311 g/mol. The number of hydrogen-bond donors (Lipinski definition) is 2. The summed E-state index contributed by atoms with van der Waals surface area (Å²) in [6, 6.07) is 4.96. The number of carbonyl (C=O) groups is 1. The van der Waals surface area contributed by atoms with Crippen LogP contribution in [0.25, 0.3) is 12.7 Å². The van der Waals surface area contributed by atoms with Gasteiger partial charge >= 0.3 is 5.97 Å². The van der Waals surface area contributed by atoms with E-state index in [9.17, 15) is 9.59 Å². The third kappa shape index (κ3) is 3.28. The van der Waals surface area contributed by atoms with Crippen molar-refractivity contribution in [2.75, 3.05) is 6.61 Å². The standard InChI is InChI=1S/C13H10ClNO4S/c1-7-15-13(18)10(20-7)5-8-3-2-4-9(14)12(8)19-6-11(16)17/h2-5H,1,6H2,(H,15,18)(H,16,17)/b10-5-. The van der Waals surface area contributed by atoms with Crippen LogP contribution < -0.4 is 19.5 Å². The topological polar surface area (TPSA) is 79.4 Å². The molecule has 0 saturated carbocycles. The Morgan fingerprint density at radius 1 is 1.55 bits per heavy atom. The van der Waals surface area contributed by atoms with Crippen molar-refractivity contribution < 1.29 is 14.6 Å². The number of para-hydroxylation sites is 1. The Balaban J connectivity index is 2.52. The van der Waals surface area contributed by atoms with Crippen molar-refractivity contribution in [1.82, 2.24) is 4.98 Å². The molecule has 0 unspecified atom stereocenters. The van der Waals surface area contributed by atoms with Gasteiger partial charge in [-0.3, -0.25) is 4.79 Å². The van der Waals surface area contributed by atoms with Crippen molar-refractivity contribution in [3.8, 4) is 5.75 Å². The number of aromatic amines is 1. The number of aromatic nitrogens is 1. The van der Waals surface area contributed by atoms with Crippen LogP contribution in [0.5, 0.6) is 5.75 Å². The Hall–Kier alpha value is -2.05. The number of ether oxygens (including phenoxy) is 1. The molecule has 0 spiro atoms. The van der Waals surface area contributed by atoms with E-state index in [0.717, 1.165) is 0 Å². The third-order valence-electron chi connectivity index (χ3n) is 2.33. The maximum absolute atomic E-state index is 11.6. The minimum absolute atomic E-state index is 0.231. The third-order valence-corrected chi connectivity index (χ3v) is 3.50. The first kappa shape index (κ1) is 14.4. The highest BCUT2D eigenvalue weighted by molar-refractivity contribution is 7.07. The summed E-state index contributed by atoms with van der Waals surface area (Å²) >= 11 is 7.19. The number of benzene rings is 1. The fourth-order valence-electron chi connectivity index (χ4n) is 1.55. The van der Waals surface area contributed by atoms with E-state index in [-0.39, 0.29) is 16.3 Å². The van der Waals surface area contributed by atoms with Crippen molar-refractivity contribution in [3.05, 3.63) is 48.3 Å². The van der Waals surface area contributed by atoms with Crippen molar-refractivity contribution >= 4 is 41.6 Å². The minimum Gasteiger partial charge on any atom is -0.480 e. The van der Waals surface area contributed by atoms with Gasteiger partial charge in [0.2, 0.25) is 0 Å². The van der Waals surface area contributed by atoms with Crippen LogP contribution in [-0.4, -0.2) is 22.7 Å². The van der Waals surface area contributed by atoms with E-state index in [1.54, 1.807) is 24.3 Å². The summed E-state index contributed by atoms with van der Waals surface area (Å²) < 4.78 is 6.14. The van der Waals surface area contributed by atoms with E-state index >= 15 is 0 Å². The zero-order valence-corrected chi connectivity index (χ0v) is 11.8. The normalized spacial score (nSPS) is 11.6. The Bertz CT molecular complexity index is 809. The number of carboxylic acids is 1. The Labute approximate surface area is 122 Å². The number of H-pyrrole nitrogens is 1. The number of rotatable bonds is 4. The molecule has 2 rings (SSSR count). The largest absolute Gasteiger partial charge is 0.480 e. The van der Waals surface area contributed by atoms with Crippen LogP contribution >= 0.6 is 22.9 Å². The van der Waals surface area contributed by atoms with E-state index in [4.69, 9.17) is 21.4 Å². The number of hydrogen-bond acceptors (Lipinski definition) is 4. The molecule has 0 fully saturated rings.